The zero-order valence-electron chi connectivity index (χ0n) is 19.2. The van der Waals surface area contributed by atoms with Crippen LogP contribution >= 0.6 is 0 Å². The highest BCUT2D eigenvalue weighted by atomic mass is 16.5. The number of aryl methyl sites for hydroxylation is 2. The summed E-state index contributed by atoms with van der Waals surface area (Å²) in [5.41, 5.74) is 3.64. The van der Waals surface area contributed by atoms with E-state index in [4.69, 9.17) is 9.72 Å². The number of fused-ring (bicyclic) bond motifs is 1. The first-order chi connectivity index (χ1) is 16.6. The number of pyridine rings is 1. The van der Waals surface area contributed by atoms with Gasteiger partial charge in [-0.3, -0.25) is 4.79 Å². The van der Waals surface area contributed by atoms with Crippen LogP contribution in [0.5, 0.6) is 0 Å². The average Bonchev–Trinajstić information content (AvgIpc) is 2.82. The maximum absolute atomic E-state index is 12.6. The van der Waals surface area contributed by atoms with Crippen molar-refractivity contribution in [2.45, 2.75) is 44.6 Å². The summed E-state index contributed by atoms with van der Waals surface area (Å²) in [5, 5.41) is 15.5. The second-order valence-electron chi connectivity index (χ2n) is 8.47. The molecular weight excluding hydrogens is 432 g/mol. The highest BCUT2D eigenvalue weighted by Crippen LogP contribution is 2.21. The number of benzene rings is 1. The van der Waals surface area contributed by atoms with Crippen LogP contribution in [0, 0.1) is 0 Å². The molecule has 178 valence electrons. The van der Waals surface area contributed by atoms with Gasteiger partial charge in [-0.15, -0.1) is 0 Å². The lowest BCUT2D eigenvalue weighted by Gasteiger charge is -2.17. The lowest BCUT2D eigenvalue weighted by molar-refractivity contribution is -0.383. The summed E-state index contributed by atoms with van der Waals surface area (Å²) < 4.78 is 7.37. The van der Waals surface area contributed by atoms with Crippen LogP contribution in [0.2, 0.25) is 0 Å². The number of nitrogens with one attached hydrogen (secondary N) is 2. The van der Waals surface area contributed by atoms with Crippen molar-refractivity contribution >= 4 is 29.6 Å². The molecule has 0 radical (unpaired) electrons. The van der Waals surface area contributed by atoms with Gasteiger partial charge in [-0.05, 0) is 43.7 Å². The fourth-order valence-corrected chi connectivity index (χ4v) is 4.03. The van der Waals surface area contributed by atoms with Gasteiger partial charge in [-0.25, -0.2) is 9.78 Å². The summed E-state index contributed by atoms with van der Waals surface area (Å²) in [6.45, 7) is 1.80. The Labute approximate surface area is 199 Å². The lowest BCUT2D eigenvalue weighted by atomic mass is 10.1. The van der Waals surface area contributed by atoms with Crippen molar-refractivity contribution < 1.29 is 24.0 Å². The third kappa shape index (κ3) is 6.08. The molecule has 1 unspecified atom stereocenters. The zero-order valence-corrected chi connectivity index (χ0v) is 19.2. The molecule has 4 rings (SSSR count). The van der Waals surface area contributed by atoms with Crippen LogP contribution in [0.15, 0.2) is 54.2 Å². The Morgan fingerprint density at radius 1 is 1.15 bits per heavy atom. The number of carboxylic acids is 1. The van der Waals surface area contributed by atoms with Crippen LogP contribution in [0.25, 0.3) is 0 Å². The summed E-state index contributed by atoms with van der Waals surface area (Å²) >= 11 is 0. The Balaban J connectivity index is 1.13. The summed E-state index contributed by atoms with van der Waals surface area (Å²) in [6, 6.07) is 12.7. The first-order valence-corrected chi connectivity index (χ1v) is 11.9. The quantitative estimate of drug-likeness (QED) is 0.330. The number of amides is 1. The zero-order chi connectivity index (χ0) is 23.8. The highest BCUT2D eigenvalue weighted by molar-refractivity contribution is 6.00. The smallest absolute Gasteiger partial charge is 0.326 e. The Morgan fingerprint density at radius 3 is 2.76 bits per heavy atom. The van der Waals surface area contributed by atoms with E-state index in [2.05, 4.69) is 22.8 Å². The molecule has 3 heterocycles. The number of para-hydroxylation sites is 1. The van der Waals surface area contributed by atoms with Gasteiger partial charge in [0, 0.05) is 44.0 Å². The molecule has 8 nitrogen and oxygen atoms in total. The number of anilines is 1. The minimum Gasteiger partial charge on any atom is -0.480 e. The summed E-state index contributed by atoms with van der Waals surface area (Å²) in [5.74, 6) is -0.464. The molecule has 0 saturated heterocycles. The van der Waals surface area contributed by atoms with Crippen LogP contribution in [-0.4, -0.2) is 58.6 Å². The largest absolute Gasteiger partial charge is 0.480 e. The number of hydrogen-bond donors (Lipinski definition) is 3. The van der Waals surface area contributed by atoms with Crippen molar-refractivity contribution in [2.75, 3.05) is 25.1 Å². The molecule has 2 aliphatic heterocycles. The summed E-state index contributed by atoms with van der Waals surface area (Å²) in [4.78, 5) is 28.9. The third-order valence-corrected chi connectivity index (χ3v) is 5.99. The molecular formula is C26H31N4O4+. The van der Waals surface area contributed by atoms with Crippen molar-refractivity contribution in [2.24, 2.45) is 0 Å². The number of aliphatic carboxylic acids is 1. The van der Waals surface area contributed by atoms with Crippen molar-refractivity contribution in [1.29, 1.82) is 0 Å². The molecule has 1 aromatic carbocycles. The van der Waals surface area contributed by atoms with E-state index in [0.29, 0.717) is 12.3 Å². The topological polar surface area (TPSA) is 104 Å². The fourth-order valence-electron chi connectivity index (χ4n) is 4.03. The molecule has 0 spiro atoms. The number of unbranched alkanes of at least 4 members (excludes halogenated alkanes) is 1. The Kier molecular flexibility index (Phi) is 8.04. The molecule has 0 aliphatic carbocycles. The van der Waals surface area contributed by atoms with E-state index < -0.39 is 17.9 Å². The number of carboxylic acid groups (broad SMARTS) is 1. The minimum absolute atomic E-state index is 0.210. The standard InChI is InChI=1S/C26H30N4O4/c31-25(23-13-16-30(23)21-9-2-1-3-10-21)29-22(26(32)33)14-18-34-17-5-4-8-20-12-11-19-7-6-15-27-24(19)28-20/h1-3,9-13,16,22H,4-8,14-15,17-18H2,(H2-,27,28,29,31,32,33)/p+1. The monoisotopic (exact) mass is 463 g/mol. The third-order valence-electron chi connectivity index (χ3n) is 5.99. The van der Waals surface area contributed by atoms with Crippen LogP contribution in [0.3, 0.4) is 0 Å². The highest BCUT2D eigenvalue weighted by Gasteiger charge is 2.32. The van der Waals surface area contributed by atoms with Crippen molar-refractivity contribution in [1.82, 2.24) is 10.3 Å². The molecule has 8 heteroatoms. The van der Waals surface area contributed by atoms with Gasteiger partial charge < -0.3 is 20.5 Å². The van der Waals surface area contributed by atoms with Crippen molar-refractivity contribution in [3.8, 4) is 0 Å². The molecule has 0 bridgehead atoms. The SMILES string of the molecule is O=C(NC(CCOCCCCc1ccc2c(n1)NCCC2)C(=O)O)C1=CC=[N+]1c1ccccc1. The van der Waals surface area contributed by atoms with Crippen LogP contribution in [-0.2, 0) is 27.2 Å². The van der Waals surface area contributed by atoms with E-state index in [1.165, 1.54) is 5.56 Å². The minimum atomic E-state index is -1.07. The Hall–Kier alpha value is -3.52. The van der Waals surface area contributed by atoms with Crippen LogP contribution in [0.4, 0.5) is 11.5 Å². The van der Waals surface area contributed by atoms with Gasteiger partial charge in [0.05, 0.1) is 6.08 Å². The van der Waals surface area contributed by atoms with Crippen LogP contribution in [0.1, 0.15) is 36.9 Å². The summed E-state index contributed by atoms with van der Waals surface area (Å²) in [6.07, 6.45) is 8.60. The number of carbonyl (C=O) groups excluding carboxylic acids is 1. The predicted molar refractivity (Wildman–Crippen MR) is 129 cm³/mol. The molecule has 1 amide bonds. The second-order valence-corrected chi connectivity index (χ2v) is 8.47. The normalized spacial score (nSPS) is 15.2. The van der Waals surface area contributed by atoms with E-state index >= 15 is 0 Å². The Morgan fingerprint density at radius 2 is 2.00 bits per heavy atom. The van der Waals surface area contributed by atoms with Crippen molar-refractivity contribution in [3.05, 3.63) is 65.5 Å². The van der Waals surface area contributed by atoms with E-state index in [-0.39, 0.29) is 13.0 Å². The first-order valence-electron chi connectivity index (χ1n) is 11.9. The van der Waals surface area contributed by atoms with E-state index in [1.807, 2.05) is 30.3 Å². The lowest BCUT2D eigenvalue weighted by Crippen LogP contribution is -2.44. The number of ether oxygens (including phenoxy) is 1. The number of hydrogen-bond acceptors (Lipinski definition) is 5. The van der Waals surface area contributed by atoms with E-state index in [0.717, 1.165) is 55.8 Å². The van der Waals surface area contributed by atoms with Crippen LogP contribution < -0.4 is 10.6 Å². The molecule has 0 fully saturated rings. The molecule has 34 heavy (non-hydrogen) atoms. The van der Waals surface area contributed by atoms with Gasteiger partial charge in [-0.1, -0.05) is 24.3 Å². The average molecular weight is 464 g/mol. The van der Waals surface area contributed by atoms with Gasteiger partial charge >= 0.3 is 11.9 Å². The fraction of sp³-hybridized carbons (Fsp3) is 0.385. The number of rotatable bonds is 12. The summed E-state index contributed by atoms with van der Waals surface area (Å²) in [7, 11) is 0. The number of aromatic nitrogens is 1. The maximum Gasteiger partial charge on any atom is 0.326 e. The second kappa shape index (κ2) is 11.6. The van der Waals surface area contributed by atoms with Crippen molar-refractivity contribution in [3.63, 3.8) is 0 Å². The van der Waals surface area contributed by atoms with Gasteiger partial charge in [-0.2, -0.15) is 4.58 Å². The molecule has 2 aliphatic rings. The Bertz CT molecular complexity index is 1080. The molecule has 3 N–H and O–H groups in total. The maximum atomic E-state index is 12.6. The predicted octanol–water partition coefficient (Wildman–Crippen LogP) is 3.05. The molecule has 1 aromatic heterocycles. The molecule has 1 atom stereocenters. The van der Waals surface area contributed by atoms with E-state index in [9.17, 15) is 14.7 Å². The number of carbonyl (C=O) groups is 2. The van der Waals surface area contributed by atoms with Gasteiger partial charge in [0.2, 0.25) is 5.69 Å². The van der Waals surface area contributed by atoms with E-state index in [1.54, 1.807) is 16.9 Å². The molecule has 2 aromatic rings. The number of nitrogens with zero attached hydrogens (tertiary/aromatic N) is 2. The van der Waals surface area contributed by atoms with Gasteiger partial charge in [0.1, 0.15) is 11.9 Å². The van der Waals surface area contributed by atoms with Gasteiger partial charge in [0.25, 0.3) is 5.70 Å². The number of allylic oxidation sites excluding steroid dienone is 1. The van der Waals surface area contributed by atoms with Gasteiger partial charge in [0.15, 0.2) is 6.21 Å². The first kappa shape index (κ1) is 23.6. The molecule has 0 saturated carbocycles.